The molecule has 0 N–H and O–H groups in total. The van der Waals surface area contributed by atoms with Crippen LogP contribution in [-0.4, -0.2) is 33.3 Å². The lowest BCUT2D eigenvalue weighted by Crippen LogP contribution is -2.18. The average molecular weight is 318 g/mol. The number of thioether (sulfide) groups is 2. The van der Waals surface area contributed by atoms with E-state index in [1.807, 2.05) is 6.92 Å². The number of carbonyl (C=O) groups is 1. The smallest absolute Gasteiger partial charge is 0.330 e. The first-order valence-corrected chi connectivity index (χ1v) is 8.69. The van der Waals surface area contributed by atoms with E-state index < -0.39 is 0 Å². The Morgan fingerprint density at radius 2 is 2.16 bits per heavy atom. The second kappa shape index (κ2) is 8.60. The Hall–Kier alpha value is -0.530. The highest BCUT2D eigenvalue weighted by Gasteiger charge is 2.13. The lowest BCUT2D eigenvalue weighted by atomic mass is 10.3. The second-order valence-corrected chi connectivity index (χ2v) is 8.05. The van der Waals surface area contributed by atoms with Gasteiger partial charge in [-0.1, -0.05) is 62.2 Å². The van der Waals surface area contributed by atoms with E-state index in [1.165, 1.54) is 6.08 Å². The third-order valence-electron chi connectivity index (χ3n) is 2.02. The van der Waals surface area contributed by atoms with E-state index in [-0.39, 0.29) is 12.1 Å². The van der Waals surface area contributed by atoms with Crippen molar-refractivity contribution < 1.29 is 9.53 Å². The number of esters is 1. The molecular formula is C12H18N2O2S3. The van der Waals surface area contributed by atoms with Crippen LogP contribution in [0.5, 0.6) is 0 Å². The van der Waals surface area contributed by atoms with Gasteiger partial charge in [-0.25, -0.2) is 4.79 Å². The van der Waals surface area contributed by atoms with Gasteiger partial charge in [0.25, 0.3) is 0 Å². The van der Waals surface area contributed by atoms with Gasteiger partial charge >= 0.3 is 5.97 Å². The van der Waals surface area contributed by atoms with Crippen LogP contribution in [0.2, 0.25) is 0 Å². The molecule has 0 bridgehead atoms. The van der Waals surface area contributed by atoms with E-state index in [9.17, 15) is 4.79 Å². The van der Waals surface area contributed by atoms with E-state index in [2.05, 4.69) is 30.6 Å². The molecule has 0 aromatic carbocycles. The predicted octanol–water partition coefficient (Wildman–Crippen LogP) is 3.64. The first-order valence-electron chi connectivity index (χ1n) is 6.01. The molecule has 106 valence electrons. The highest BCUT2D eigenvalue weighted by Crippen LogP contribution is 2.31. The van der Waals surface area contributed by atoms with Gasteiger partial charge < -0.3 is 4.74 Å². The zero-order valence-electron chi connectivity index (χ0n) is 11.3. The van der Waals surface area contributed by atoms with Gasteiger partial charge in [0.2, 0.25) is 0 Å². The van der Waals surface area contributed by atoms with Crippen LogP contribution in [0.3, 0.4) is 0 Å². The Morgan fingerprint density at radius 1 is 1.47 bits per heavy atom. The molecule has 1 atom stereocenters. The van der Waals surface area contributed by atoms with Gasteiger partial charge in [-0.3, -0.25) is 0 Å². The van der Waals surface area contributed by atoms with E-state index in [0.29, 0.717) is 11.0 Å². The topological polar surface area (TPSA) is 52.1 Å². The van der Waals surface area contributed by atoms with Crippen molar-refractivity contribution in [3.8, 4) is 0 Å². The van der Waals surface area contributed by atoms with E-state index in [0.717, 1.165) is 15.1 Å². The lowest BCUT2D eigenvalue weighted by molar-refractivity contribution is -0.141. The molecule has 1 rings (SSSR count). The third-order valence-corrected chi connectivity index (χ3v) is 5.30. The molecule has 0 saturated carbocycles. The van der Waals surface area contributed by atoms with Crippen molar-refractivity contribution in [2.75, 3.05) is 5.75 Å². The summed E-state index contributed by atoms with van der Waals surface area (Å²) in [5.74, 6) is 0.317. The Balaban J connectivity index is 2.43. The van der Waals surface area contributed by atoms with Crippen molar-refractivity contribution in [3.05, 3.63) is 12.7 Å². The summed E-state index contributed by atoms with van der Waals surface area (Å²) in [6.07, 6.45) is 1.86. The van der Waals surface area contributed by atoms with Crippen LogP contribution >= 0.6 is 34.9 Å². The van der Waals surface area contributed by atoms with E-state index in [4.69, 9.17) is 4.74 Å². The minimum atomic E-state index is -0.374. The molecule has 0 aliphatic heterocycles. The molecule has 0 aliphatic rings. The molecule has 0 aliphatic carbocycles. The zero-order chi connectivity index (χ0) is 14.3. The zero-order valence-corrected chi connectivity index (χ0v) is 13.7. The molecule has 0 saturated heterocycles. The van der Waals surface area contributed by atoms with Crippen LogP contribution in [0.1, 0.15) is 27.2 Å². The van der Waals surface area contributed by atoms with Gasteiger partial charge in [0.15, 0.2) is 8.68 Å². The largest absolute Gasteiger partial charge is 0.458 e. The maximum atomic E-state index is 11.1. The fourth-order valence-electron chi connectivity index (χ4n) is 1.12. The van der Waals surface area contributed by atoms with Gasteiger partial charge in [-0.05, 0) is 6.42 Å². The lowest BCUT2D eigenvalue weighted by Gasteiger charge is -2.13. The van der Waals surface area contributed by atoms with Crippen LogP contribution in [0.4, 0.5) is 0 Å². The number of ether oxygens (including phenoxy) is 1. The molecule has 7 heteroatoms. The first-order chi connectivity index (χ1) is 9.05. The van der Waals surface area contributed by atoms with E-state index in [1.54, 1.807) is 34.9 Å². The molecule has 0 fully saturated rings. The van der Waals surface area contributed by atoms with Crippen LogP contribution < -0.4 is 0 Å². The van der Waals surface area contributed by atoms with Gasteiger partial charge in [-0.2, -0.15) is 0 Å². The fraction of sp³-hybridized carbons (Fsp3) is 0.583. The van der Waals surface area contributed by atoms with E-state index >= 15 is 0 Å². The summed E-state index contributed by atoms with van der Waals surface area (Å²) < 4.78 is 7.11. The van der Waals surface area contributed by atoms with Gasteiger partial charge in [0, 0.05) is 17.1 Å². The summed E-state index contributed by atoms with van der Waals surface area (Å²) in [4.78, 5) is 11.1. The Morgan fingerprint density at radius 3 is 2.74 bits per heavy atom. The van der Waals surface area contributed by atoms with Crippen molar-refractivity contribution in [3.63, 3.8) is 0 Å². The van der Waals surface area contributed by atoms with Crippen LogP contribution in [-0.2, 0) is 9.53 Å². The van der Waals surface area contributed by atoms with Crippen molar-refractivity contribution in [2.45, 2.75) is 47.2 Å². The second-order valence-electron chi connectivity index (χ2n) is 3.98. The number of rotatable bonds is 8. The predicted molar refractivity (Wildman–Crippen MR) is 82.0 cm³/mol. The van der Waals surface area contributed by atoms with Crippen molar-refractivity contribution in [1.82, 2.24) is 10.2 Å². The van der Waals surface area contributed by atoms with Crippen LogP contribution in [0.25, 0.3) is 0 Å². The molecular weight excluding hydrogens is 300 g/mol. The first kappa shape index (κ1) is 16.5. The third kappa shape index (κ3) is 6.44. The fourth-order valence-corrected chi connectivity index (χ4v) is 4.49. The molecule has 0 radical (unpaired) electrons. The molecule has 0 amide bonds. The Bertz CT molecular complexity index is 421. The molecule has 0 spiro atoms. The SMILES string of the molecule is C=CC(=O)OC(CC)CSc1nnc(SC(C)C)s1. The normalized spacial score (nSPS) is 12.4. The van der Waals surface area contributed by atoms with Gasteiger partial charge in [-0.15, -0.1) is 10.2 Å². The van der Waals surface area contributed by atoms with Gasteiger partial charge in [0.05, 0.1) is 0 Å². The number of aromatic nitrogens is 2. The van der Waals surface area contributed by atoms with Crippen molar-refractivity contribution in [1.29, 1.82) is 0 Å². The highest BCUT2D eigenvalue weighted by atomic mass is 32.2. The van der Waals surface area contributed by atoms with Crippen LogP contribution in [0.15, 0.2) is 21.3 Å². The van der Waals surface area contributed by atoms with Crippen molar-refractivity contribution >= 4 is 40.8 Å². The minimum Gasteiger partial charge on any atom is -0.458 e. The monoisotopic (exact) mass is 318 g/mol. The summed E-state index contributed by atoms with van der Waals surface area (Å²) >= 11 is 4.86. The molecule has 19 heavy (non-hydrogen) atoms. The summed E-state index contributed by atoms with van der Waals surface area (Å²) in [7, 11) is 0. The van der Waals surface area contributed by atoms with Crippen molar-refractivity contribution in [2.24, 2.45) is 0 Å². The molecule has 1 aromatic heterocycles. The van der Waals surface area contributed by atoms with Gasteiger partial charge in [0.1, 0.15) is 6.10 Å². The molecule has 1 unspecified atom stereocenters. The standard InChI is InChI=1S/C12H18N2O2S3/c1-5-9(16-10(15)6-2)7-17-11-13-14-12(19-11)18-8(3)4/h6,8-9H,2,5,7H2,1,3-4H3. The van der Waals surface area contributed by atoms with Crippen LogP contribution in [0, 0.1) is 0 Å². The highest BCUT2D eigenvalue weighted by molar-refractivity contribution is 8.03. The Kier molecular flexibility index (Phi) is 7.48. The number of carbonyl (C=O) groups excluding carboxylic acids is 1. The summed E-state index contributed by atoms with van der Waals surface area (Å²) in [6, 6.07) is 0. The number of hydrogen-bond donors (Lipinski definition) is 0. The Labute approximate surface area is 126 Å². The maximum Gasteiger partial charge on any atom is 0.330 e. The maximum absolute atomic E-state index is 11.1. The number of nitrogens with zero attached hydrogens (tertiary/aromatic N) is 2. The minimum absolute atomic E-state index is 0.111. The average Bonchev–Trinajstić information content (AvgIpc) is 2.80. The molecule has 1 heterocycles. The number of hydrogen-bond acceptors (Lipinski definition) is 7. The summed E-state index contributed by atoms with van der Waals surface area (Å²) in [6.45, 7) is 9.63. The molecule has 1 aromatic rings. The summed E-state index contributed by atoms with van der Waals surface area (Å²) in [5, 5.41) is 8.75. The summed E-state index contributed by atoms with van der Waals surface area (Å²) in [5.41, 5.74) is 0. The quantitative estimate of drug-likeness (QED) is 0.414. The molecule has 4 nitrogen and oxygen atoms in total.